The molecule has 2 aliphatic heterocycles. The average Bonchev–Trinajstić information content (AvgIpc) is 2.80. The molecule has 0 unspecified atom stereocenters. The minimum absolute atomic E-state index is 0.00240. The molecule has 3 rings (SSSR count). The Balaban J connectivity index is 1.62. The Morgan fingerprint density at radius 3 is 2.68 bits per heavy atom. The highest BCUT2D eigenvalue weighted by molar-refractivity contribution is 7.90. The summed E-state index contributed by atoms with van der Waals surface area (Å²) in [6.45, 7) is 1.69. The number of fused-ring (bicyclic) bond motifs is 1. The summed E-state index contributed by atoms with van der Waals surface area (Å²) in [7, 11) is -2.13. The summed E-state index contributed by atoms with van der Waals surface area (Å²) in [6.07, 6.45) is 1.20. The van der Waals surface area contributed by atoms with Crippen molar-refractivity contribution in [3.8, 4) is 0 Å². The lowest BCUT2D eigenvalue weighted by Crippen LogP contribution is -2.34. The third-order valence-electron chi connectivity index (χ3n) is 5.53. The number of halogens is 1. The fraction of sp³-hybridized carbons (Fsp3) is 0.579. The Kier molecular flexibility index (Phi) is 6.62. The van der Waals surface area contributed by atoms with E-state index in [9.17, 15) is 18.0 Å². The van der Waals surface area contributed by atoms with Crippen molar-refractivity contribution in [1.82, 2.24) is 9.21 Å². The molecule has 0 saturated carbocycles. The maximum absolute atomic E-state index is 13.0. The quantitative estimate of drug-likeness (QED) is 0.670. The van der Waals surface area contributed by atoms with Gasteiger partial charge in [-0.25, -0.2) is 8.42 Å². The van der Waals surface area contributed by atoms with E-state index in [0.717, 1.165) is 5.56 Å². The van der Waals surface area contributed by atoms with Gasteiger partial charge in [0.1, 0.15) is 0 Å². The van der Waals surface area contributed by atoms with E-state index in [4.69, 9.17) is 11.6 Å². The number of rotatable bonds is 5. The minimum Gasteiger partial charge on any atom is -0.469 e. The third-order valence-corrected chi connectivity index (χ3v) is 8.15. The van der Waals surface area contributed by atoms with E-state index in [0.29, 0.717) is 44.0 Å². The molecule has 0 aromatic heterocycles. The largest absolute Gasteiger partial charge is 0.469 e. The van der Waals surface area contributed by atoms with E-state index in [2.05, 4.69) is 4.74 Å². The molecule has 1 aromatic rings. The number of hydrogen-bond donors (Lipinski definition) is 0. The predicted octanol–water partition coefficient (Wildman–Crippen LogP) is 2.05. The fourth-order valence-corrected chi connectivity index (χ4v) is 6.44. The van der Waals surface area contributed by atoms with Crippen LogP contribution < -0.4 is 0 Å². The van der Waals surface area contributed by atoms with Gasteiger partial charge in [0.05, 0.1) is 18.8 Å². The van der Waals surface area contributed by atoms with E-state index >= 15 is 0 Å². The number of carbonyl (C=O) groups is 2. The van der Waals surface area contributed by atoms with Crippen LogP contribution in [0.1, 0.15) is 31.2 Å². The van der Waals surface area contributed by atoms with Gasteiger partial charge in [-0.1, -0.05) is 23.7 Å². The fourth-order valence-electron chi connectivity index (χ4n) is 4.01. The minimum atomic E-state index is -3.42. The molecule has 0 bridgehead atoms. The Hall–Kier alpha value is -1.64. The molecule has 2 heterocycles. The zero-order valence-corrected chi connectivity index (χ0v) is 17.4. The summed E-state index contributed by atoms with van der Waals surface area (Å²) >= 11 is 6.01. The molecule has 2 fully saturated rings. The van der Waals surface area contributed by atoms with Crippen LogP contribution in [-0.4, -0.2) is 61.5 Å². The van der Waals surface area contributed by atoms with E-state index in [1.54, 1.807) is 21.3 Å². The number of benzene rings is 1. The molecule has 7 nitrogen and oxygen atoms in total. The lowest BCUT2D eigenvalue weighted by atomic mass is 10.0. The van der Waals surface area contributed by atoms with E-state index in [1.807, 2.05) is 12.1 Å². The summed E-state index contributed by atoms with van der Waals surface area (Å²) in [5.41, 5.74) is 0.868. The maximum Gasteiger partial charge on any atom is 0.306 e. The van der Waals surface area contributed by atoms with Gasteiger partial charge < -0.3 is 9.64 Å². The number of ether oxygens (including phenoxy) is 1. The van der Waals surface area contributed by atoms with Crippen LogP contribution in [-0.2, 0) is 30.9 Å². The van der Waals surface area contributed by atoms with Crippen molar-refractivity contribution < 1.29 is 22.7 Å². The van der Waals surface area contributed by atoms with Gasteiger partial charge in [0.15, 0.2) is 0 Å². The van der Waals surface area contributed by atoms with Crippen molar-refractivity contribution in [3.63, 3.8) is 0 Å². The lowest BCUT2D eigenvalue weighted by molar-refractivity contribution is -0.143. The molecule has 9 heteroatoms. The Morgan fingerprint density at radius 2 is 1.96 bits per heavy atom. The second-order valence-electron chi connectivity index (χ2n) is 7.30. The molecule has 2 atom stereocenters. The van der Waals surface area contributed by atoms with Gasteiger partial charge in [-0.15, -0.1) is 0 Å². The van der Waals surface area contributed by atoms with Crippen molar-refractivity contribution in [2.75, 3.05) is 26.7 Å². The number of carbonyl (C=O) groups excluding carboxylic acids is 2. The van der Waals surface area contributed by atoms with Crippen LogP contribution in [0.5, 0.6) is 0 Å². The molecule has 0 radical (unpaired) electrons. The number of amides is 1. The summed E-state index contributed by atoms with van der Waals surface area (Å²) in [5, 5.41) is 0.120. The Bertz CT molecular complexity index is 844. The van der Waals surface area contributed by atoms with Crippen LogP contribution in [0.4, 0.5) is 0 Å². The smallest absolute Gasteiger partial charge is 0.306 e. The summed E-state index contributed by atoms with van der Waals surface area (Å²) in [6, 6.07) is 7.24. The molecule has 28 heavy (non-hydrogen) atoms. The SMILES string of the molecule is COC(=O)CCC(=O)N1CC[C@@H]2CN(Cc3cccc(Cl)c3)S(=O)(=O)[C@@H]2CC1. The van der Waals surface area contributed by atoms with Crippen LogP contribution in [0.15, 0.2) is 24.3 Å². The Morgan fingerprint density at radius 1 is 1.21 bits per heavy atom. The molecule has 2 saturated heterocycles. The number of sulfonamides is 1. The highest BCUT2D eigenvalue weighted by Gasteiger charge is 2.47. The first kappa shape index (κ1) is 21.1. The van der Waals surface area contributed by atoms with Gasteiger partial charge in [0.25, 0.3) is 0 Å². The van der Waals surface area contributed by atoms with Crippen LogP contribution in [0.3, 0.4) is 0 Å². The standard InChI is InChI=1S/C19H25ClN2O5S/c1-27-19(24)6-5-18(23)21-9-7-15-13-22(28(25,26)17(15)8-10-21)12-14-3-2-4-16(20)11-14/h2-4,11,15,17H,5-10,12-13H2,1H3/t15-,17-/m1/s1. The first-order valence-corrected chi connectivity index (χ1v) is 11.3. The van der Waals surface area contributed by atoms with Crippen LogP contribution in [0.25, 0.3) is 0 Å². The van der Waals surface area contributed by atoms with Gasteiger partial charge >= 0.3 is 5.97 Å². The highest BCUT2D eigenvalue weighted by atomic mass is 35.5. The summed E-state index contributed by atoms with van der Waals surface area (Å²) < 4.78 is 32.2. The average molecular weight is 429 g/mol. The molecule has 1 amide bonds. The number of methoxy groups -OCH3 is 1. The highest BCUT2D eigenvalue weighted by Crippen LogP contribution is 2.35. The van der Waals surface area contributed by atoms with Crippen LogP contribution in [0, 0.1) is 5.92 Å². The normalized spacial score (nSPS) is 24.4. The zero-order valence-electron chi connectivity index (χ0n) is 15.8. The maximum atomic E-state index is 13.0. The first-order valence-electron chi connectivity index (χ1n) is 9.39. The molecule has 154 valence electrons. The van der Waals surface area contributed by atoms with Gasteiger partial charge in [-0.2, -0.15) is 4.31 Å². The molecule has 2 aliphatic rings. The van der Waals surface area contributed by atoms with Gasteiger partial charge in [0, 0.05) is 37.6 Å². The van der Waals surface area contributed by atoms with Crippen molar-refractivity contribution in [1.29, 1.82) is 0 Å². The van der Waals surface area contributed by atoms with Crippen molar-refractivity contribution in [3.05, 3.63) is 34.9 Å². The van der Waals surface area contributed by atoms with Gasteiger partial charge in [0.2, 0.25) is 15.9 Å². The summed E-state index contributed by atoms with van der Waals surface area (Å²) in [5.74, 6) is -0.541. The first-order chi connectivity index (χ1) is 13.3. The number of likely N-dealkylation sites (tertiary alicyclic amines) is 1. The van der Waals surface area contributed by atoms with E-state index in [-0.39, 0.29) is 24.7 Å². The molecular formula is C19H25ClN2O5S. The second kappa shape index (κ2) is 8.80. The Labute approximate surface area is 170 Å². The number of esters is 1. The van der Waals surface area contributed by atoms with Crippen molar-refractivity contribution >= 4 is 33.5 Å². The summed E-state index contributed by atoms with van der Waals surface area (Å²) in [4.78, 5) is 25.2. The molecular weight excluding hydrogens is 404 g/mol. The molecule has 0 N–H and O–H groups in total. The second-order valence-corrected chi connectivity index (χ2v) is 9.89. The monoisotopic (exact) mass is 428 g/mol. The zero-order chi connectivity index (χ0) is 20.3. The van der Waals surface area contributed by atoms with Crippen LogP contribution in [0.2, 0.25) is 5.02 Å². The third kappa shape index (κ3) is 4.67. The van der Waals surface area contributed by atoms with Crippen LogP contribution >= 0.6 is 11.6 Å². The molecule has 1 aromatic carbocycles. The van der Waals surface area contributed by atoms with E-state index < -0.39 is 21.2 Å². The van der Waals surface area contributed by atoms with E-state index in [1.165, 1.54) is 7.11 Å². The topological polar surface area (TPSA) is 84.0 Å². The van der Waals surface area contributed by atoms with Gasteiger partial charge in [-0.05, 0) is 36.5 Å². The van der Waals surface area contributed by atoms with Crippen molar-refractivity contribution in [2.45, 2.75) is 37.5 Å². The van der Waals surface area contributed by atoms with Gasteiger partial charge in [-0.3, -0.25) is 9.59 Å². The number of nitrogens with zero attached hydrogens (tertiary/aromatic N) is 2. The number of hydrogen-bond acceptors (Lipinski definition) is 5. The molecule has 0 spiro atoms. The molecule has 0 aliphatic carbocycles. The predicted molar refractivity (Wildman–Crippen MR) is 105 cm³/mol. The lowest BCUT2D eigenvalue weighted by Gasteiger charge is -2.22. The van der Waals surface area contributed by atoms with Crippen molar-refractivity contribution in [2.24, 2.45) is 5.92 Å².